The molecule has 2 rings (SSSR count). The molecular formula is C12H20N2O3S. The van der Waals surface area contributed by atoms with Crippen molar-refractivity contribution in [2.24, 2.45) is 0 Å². The second kappa shape index (κ2) is 5.42. The van der Waals surface area contributed by atoms with Gasteiger partial charge in [0.2, 0.25) is 0 Å². The van der Waals surface area contributed by atoms with E-state index < -0.39 is 9.84 Å². The van der Waals surface area contributed by atoms with Gasteiger partial charge in [0, 0.05) is 12.6 Å². The van der Waals surface area contributed by atoms with Crippen LogP contribution in [-0.4, -0.2) is 51.5 Å². The third-order valence-corrected chi connectivity index (χ3v) is 5.10. The average molecular weight is 272 g/mol. The number of rotatable bonds is 5. The summed E-state index contributed by atoms with van der Waals surface area (Å²) in [5.74, 6) is 1.46. The van der Waals surface area contributed by atoms with Crippen molar-refractivity contribution in [1.29, 1.82) is 0 Å². The molecule has 1 aliphatic heterocycles. The number of hydrogen-bond donors (Lipinski definition) is 1. The molecule has 1 fully saturated rings. The summed E-state index contributed by atoms with van der Waals surface area (Å²) in [5, 5.41) is 3.33. The van der Waals surface area contributed by atoms with Gasteiger partial charge in [-0.15, -0.1) is 0 Å². The summed E-state index contributed by atoms with van der Waals surface area (Å²) < 4.78 is 28.2. The summed E-state index contributed by atoms with van der Waals surface area (Å²) in [4.78, 5) is 2.06. The molecule has 102 valence electrons. The monoisotopic (exact) mass is 272 g/mol. The van der Waals surface area contributed by atoms with Crippen molar-refractivity contribution < 1.29 is 12.8 Å². The Labute approximate surface area is 108 Å². The van der Waals surface area contributed by atoms with Crippen molar-refractivity contribution in [2.75, 3.05) is 32.1 Å². The van der Waals surface area contributed by atoms with Crippen molar-refractivity contribution in [1.82, 2.24) is 10.2 Å². The highest BCUT2D eigenvalue weighted by Crippen LogP contribution is 2.19. The van der Waals surface area contributed by atoms with E-state index in [2.05, 4.69) is 10.2 Å². The molecule has 0 aliphatic carbocycles. The van der Waals surface area contributed by atoms with Gasteiger partial charge in [-0.3, -0.25) is 4.90 Å². The fraction of sp³-hybridized carbons (Fsp3) is 0.667. The average Bonchev–Trinajstić information content (AvgIpc) is 2.88. The van der Waals surface area contributed by atoms with Crippen LogP contribution in [0.3, 0.4) is 0 Å². The second-order valence-corrected chi connectivity index (χ2v) is 7.23. The molecule has 1 aliphatic rings. The van der Waals surface area contributed by atoms with E-state index in [0.717, 1.165) is 5.76 Å². The zero-order valence-corrected chi connectivity index (χ0v) is 11.6. The number of hydrogen-bond acceptors (Lipinski definition) is 5. The Balaban J connectivity index is 1.91. The third kappa shape index (κ3) is 3.34. The van der Waals surface area contributed by atoms with E-state index in [1.807, 2.05) is 26.2 Å². The van der Waals surface area contributed by atoms with E-state index in [-0.39, 0.29) is 17.8 Å². The fourth-order valence-corrected chi connectivity index (χ4v) is 3.96. The van der Waals surface area contributed by atoms with Gasteiger partial charge in [-0.2, -0.15) is 0 Å². The number of furan rings is 1. The molecule has 2 atom stereocenters. The maximum absolute atomic E-state index is 11.4. The first-order chi connectivity index (χ1) is 8.48. The van der Waals surface area contributed by atoms with Crippen LogP contribution in [-0.2, 0) is 9.84 Å². The van der Waals surface area contributed by atoms with Crippen molar-refractivity contribution in [3.63, 3.8) is 0 Å². The summed E-state index contributed by atoms with van der Waals surface area (Å²) in [6.45, 7) is 0.695. The van der Waals surface area contributed by atoms with Crippen molar-refractivity contribution in [3.8, 4) is 0 Å². The van der Waals surface area contributed by atoms with Gasteiger partial charge in [0.05, 0.1) is 23.8 Å². The Morgan fingerprint density at radius 1 is 1.56 bits per heavy atom. The Bertz CT molecular complexity index is 468. The number of sulfone groups is 1. The number of nitrogens with zero attached hydrogens (tertiary/aromatic N) is 1. The predicted molar refractivity (Wildman–Crippen MR) is 70.2 cm³/mol. The first kappa shape index (κ1) is 13.6. The molecule has 0 aromatic carbocycles. The molecule has 18 heavy (non-hydrogen) atoms. The molecule has 1 aromatic rings. The highest BCUT2D eigenvalue weighted by atomic mass is 32.2. The van der Waals surface area contributed by atoms with Gasteiger partial charge in [0.1, 0.15) is 5.76 Å². The van der Waals surface area contributed by atoms with Crippen LogP contribution in [0.15, 0.2) is 22.8 Å². The lowest BCUT2D eigenvalue weighted by Gasteiger charge is -2.24. The van der Waals surface area contributed by atoms with Crippen LogP contribution in [0.2, 0.25) is 0 Å². The van der Waals surface area contributed by atoms with E-state index in [4.69, 9.17) is 4.42 Å². The standard InChI is InChI=1S/C12H20N2O3S/c1-14(2)11(12-4-3-6-17-12)8-13-10-5-7-18(15,16)9-10/h3-4,6,10-11,13H,5,7-9H2,1-2H3. The molecule has 0 saturated carbocycles. The zero-order valence-electron chi connectivity index (χ0n) is 10.8. The molecule has 1 saturated heterocycles. The normalized spacial score (nSPS) is 24.5. The van der Waals surface area contributed by atoms with Gasteiger partial charge in [-0.05, 0) is 32.6 Å². The van der Waals surface area contributed by atoms with Crippen molar-refractivity contribution >= 4 is 9.84 Å². The maximum atomic E-state index is 11.4. The number of nitrogens with one attached hydrogen (secondary N) is 1. The van der Waals surface area contributed by atoms with E-state index >= 15 is 0 Å². The Hall–Kier alpha value is -0.850. The molecule has 1 aromatic heterocycles. The molecule has 5 nitrogen and oxygen atoms in total. The van der Waals surface area contributed by atoms with E-state index in [1.165, 1.54) is 0 Å². The fourth-order valence-electron chi connectivity index (χ4n) is 2.25. The summed E-state index contributed by atoms with van der Waals surface area (Å²) in [6.07, 6.45) is 2.37. The molecule has 1 N–H and O–H groups in total. The summed E-state index contributed by atoms with van der Waals surface area (Å²) in [7, 11) is 1.16. The molecule has 2 heterocycles. The topological polar surface area (TPSA) is 62.6 Å². The lowest BCUT2D eigenvalue weighted by atomic mass is 10.2. The van der Waals surface area contributed by atoms with Gasteiger partial charge in [-0.1, -0.05) is 0 Å². The molecule has 6 heteroatoms. The van der Waals surface area contributed by atoms with Crippen LogP contribution in [0, 0.1) is 0 Å². The molecule has 0 spiro atoms. The first-order valence-corrected chi connectivity index (χ1v) is 7.94. The Kier molecular flexibility index (Phi) is 4.09. The maximum Gasteiger partial charge on any atom is 0.151 e. The van der Waals surface area contributed by atoms with Crippen LogP contribution in [0.1, 0.15) is 18.2 Å². The van der Waals surface area contributed by atoms with Crippen LogP contribution in [0.25, 0.3) is 0 Å². The molecule has 0 amide bonds. The highest BCUT2D eigenvalue weighted by molar-refractivity contribution is 7.91. The Morgan fingerprint density at radius 2 is 2.33 bits per heavy atom. The van der Waals surface area contributed by atoms with E-state index in [1.54, 1.807) is 6.26 Å². The van der Waals surface area contributed by atoms with Gasteiger partial charge in [0.15, 0.2) is 9.84 Å². The highest BCUT2D eigenvalue weighted by Gasteiger charge is 2.28. The van der Waals surface area contributed by atoms with Crippen LogP contribution in [0.5, 0.6) is 0 Å². The number of likely N-dealkylation sites (N-methyl/N-ethyl adjacent to an activating group) is 1. The Morgan fingerprint density at radius 3 is 2.83 bits per heavy atom. The lowest BCUT2D eigenvalue weighted by molar-refractivity contribution is 0.245. The summed E-state index contributed by atoms with van der Waals surface area (Å²) >= 11 is 0. The van der Waals surface area contributed by atoms with E-state index in [9.17, 15) is 8.42 Å². The molecular weight excluding hydrogens is 252 g/mol. The summed E-state index contributed by atoms with van der Waals surface area (Å²) in [5.41, 5.74) is 0. The molecule has 2 unspecified atom stereocenters. The van der Waals surface area contributed by atoms with Gasteiger partial charge in [-0.25, -0.2) is 8.42 Å². The van der Waals surface area contributed by atoms with Gasteiger partial charge < -0.3 is 9.73 Å². The third-order valence-electron chi connectivity index (χ3n) is 3.33. The summed E-state index contributed by atoms with van der Waals surface area (Å²) in [6, 6.07) is 4.01. The molecule has 0 radical (unpaired) electrons. The minimum absolute atomic E-state index is 0.0763. The predicted octanol–water partition coefficient (Wildman–Crippen LogP) is 0.659. The van der Waals surface area contributed by atoms with Crippen molar-refractivity contribution in [3.05, 3.63) is 24.2 Å². The van der Waals surface area contributed by atoms with E-state index in [0.29, 0.717) is 18.7 Å². The first-order valence-electron chi connectivity index (χ1n) is 6.11. The lowest BCUT2D eigenvalue weighted by Crippen LogP contribution is -2.37. The van der Waals surface area contributed by atoms with Crippen LogP contribution < -0.4 is 5.32 Å². The quantitative estimate of drug-likeness (QED) is 0.853. The van der Waals surface area contributed by atoms with Gasteiger partial charge in [0.25, 0.3) is 0 Å². The zero-order chi connectivity index (χ0) is 13.2. The molecule has 0 bridgehead atoms. The van der Waals surface area contributed by atoms with Crippen LogP contribution in [0.4, 0.5) is 0 Å². The van der Waals surface area contributed by atoms with Gasteiger partial charge >= 0.3 is 0 Å². The SMILES string of the molecule is CN(C)C(CNC1CCS(=O)(=O)C1)c1ccco1. The smallest absolute Gasteiger partial charge is 0.151 e. The largest absolute Gasteiger partial charge is 0.468 e. The van der Waals surface area contributed by atoms with Crippen LogP contribution >= 0.6 is 0 Å². The second-order valence-electron chi connectivity index (χ2n) is 5.00. The van der Waals surface area contributed by atoms with Crippen molar-refractivity contribution in [2.45, 2.75) is 18.5 Å². The minimum atomic E-state index is -2.82. The minimum Gasteiger partial charge on any atom is -0.468 e.